The minimum Gasteiger partial charge on any atom is -0.363 e. The van der Waals surface area contributed by atoms with Gasteiger partial charge in [0.1, 0.15) is 16.5 Å². The molecule has 0 bridgehead atoms. The van der Waals surface area contributed by atoms with Gasteiger partial charge in [-0.3, -0.25) is 4.72 Å². The highest BCUT2D eigenvalue weighted by atomic mass is 32.2. The number of alkyl halides is 5. The summed E-state index contributed by atoms with van der Waals surface area (Å²) in [4.78, 5) is 2.14. The van der Waals surface area contributed by atoms with Gasteiger partial charge in [-0.25, -0.2) is 26.0 Å². The fourth-order valence-electron chi connectivity index (χ4n) is 3.31. The lowest BCUT2D eigenvalue weighted by molar-refractivity contribution is -0.177. The maximum atomic E-state index is 14.1. The maximum Gasteiger partial charge on any atom is 0.392 e. The Morgan fingerprint density at radius 1 is 1.17 bits per heavy atom. The molecule has 3 rings (SSSR count). The molecule has 1 aliphatic rings. The fraction of sp³-hybridized carbons (Fsp3) is 0.412. The van der Waals surface area contributed by atoms with Gasteiger partial charge >= 0.3 is 6.18 Å². The normalized spacial score (nSPS) is 17.4. The third-order valence-corrected chi connectivity index (χ3v) is 6.17. The molecule has 1 heterocycles. The van der Waals surface area contributed by atoms with Gasteiger partial charge in [0.2, 0.25) is 6.43 Å². The second kappa shape index (κ2) is 7.54. The first-order valence-corrected chi connectivity index (χ1v) is 9.91. The topological polar surface area (TPSA) is 62.0 Å². The highest BCUT2D eigenvalue weighted by molar-refractivity contribution is 7.92. The zero-order chi connectivity index (χ0) is 21.6. The Labute approximate surface area is 161 Å². The summed E-state index contributed by atoms with van der Waals surface area (Å²) in [6.07, 6.45) is -8.27. The molecule has 160 valence electrons. The number of fused-ring (bicyclic) bond motifs is 1. The number of benzene rings is 1. The van der Waals surface area contributed by atoms with Crippen molar-refractivity contribution in [3.05, 3.63) is 46.8 Å². The first-order chi connectivity index (χ1) is 13.4. The number of halogens is 7. The number of nitrogens with one attached hydrogen (secondary N) is 2. The van der Waals surface area contributed by atoms with E-state index in [-0.39, 0.29) is 29.0 Å². The van der Waals surface area contributed by atoms with Crippen molar-refractivity contribution in [3.8, 4) is 0 Å². The predicted octanol–water partition coefficient (Wildman–Crippen LogP) is 4.57. The van der Waals surface area contributed by atoms with E-state index in [1.54, 1.807) is 0 Å². The van der Waals surface area contributed by atoms with Crippen LogP contribution in [0.15, 0.2) is 23.2 Å². The Bertz CT molecular complexity index is 1020. The number of aromatic nitrogens is 1. The Hall–Kier alpha value is -2.24. The van der Waals surface area contributed by atoms with Crippen molar-refractivity contribution < 1.29 is 39.2 Å². The minimum absolute atomic E-state index is 0.109. The van der Waals surface area contributed by atoms with Gasteiger partial charge in [-0.15, -0.1) is 0 Å². The molecule has 12 heteroatoms. The summed E-state index contributed by atoms with van der Waals surface area (Å²) < 4.78 is 118. The van der Waals surface area contributed by atoms with Crippen LogP contribution in [0.3, 0.4) is 0 Å². The van der Waals surface area contributed by atoms with E-state index in [9.17, 15) is 39.2 Å². The summed E-state index contributed by atoms with van der Waals surface area (Å²) in [7, 11) is -4.46. The van der Waals surface area contributed by atoms with Crippen molar-refractivity contribution in [3.63, 3.8) is 0 Å². The van der Waals surface area contributed by atoms with Crippen LogP contribution in [0.4, 0.5) is 36.4 Å². The van der Waals surface area contributed by atoms with Crippen molar-refractivity contribution in [2.45, 2.75) is 43.2 Å². The molecule has 29 heavy (non-hydrogen) atoms. The van der Waals surface area contributed by atoms with Crippen LogP contribution in [0, 0.1) is 17.6 Å². The van der Waals surface area contributed by atoms with Crippen molar-refractivity contribution in [1.82, 2.24) is 4.98 Å². The summed E-state index contributed by atoms with van der Waals surface area (Å²) in [5.74, 6) is -4.08. The Morgan fingerprint density at radius 3 is 2.48 bits per heavy atom. The lowest BCUT2D eigenvalue weighted by atomic mass is 9.87. The monoisotopic (exact) mass is 444 g/mol. The quantitative estimate of drug-likeness (QED) is 0.664. The van der Waals surface area contributed by atoms with E-state index < -0.39 is 64.3 Å². The van der Waals surface area contributed by atoms with Gasteiger partial charge in [0.25, 0.3) is 10.0 Å². The van der Waals surface area contributed by atoms with Gasteiger partial charge in [0.15, 0.2) is 0 Å². The largest absolute Gasteiger partial charge is 0.392 e. The van der Waals surface area contributed by atoms with E-state index in [2.05, 4.69) is 4.98 Å². The van der Waals surface area contributed by atoms with Crippen molar-refractivity contribution in [2.75, 3.05) is 4.72 Å². The van der Waals surface area contributed by atoms with E-state index in [0.717, 1.165) is 6.20 Å². The molecule has 2 aromatic rings. The summed E-state index contributed by atoms with van der Waals surface area (Å²) in [5.41, 5.74) is -1.15. The molecular formula is C17H15F7N2O2S. The summed E-state index contributed by atoms with van der Waals surface area (Å²) in [6.45, 7) is 0. The van der Waals surface area contributed by atoms with Crippen LogP contribution in [0.25, 0.3) is 0 Å². The molecule has 1 aromatic carbocycles. The van der Waals surface area contributed by atoms with Crippen LogP contribution in [0.2, 0.25) is 0 Å². The minimum atomic E-state index is -4.46. The standard InChI is InChI=1S/C17H15F7N2O2S/c18-11-6-14(12(19)3-8(11)4-16(20)21)26-29(27,28)15-7-25-13-5-9(17(22,23)24)1-2-10(13)15/h3,6-7,9,16,25-26H,1-2,4-5H2. The van der Waals surface area contributed by atoms with Crippen LogP contribution < -0.4 is 4.72 Å². The van der Waals surface area contributed by atoms with Crippen LogP contribution >= 0.6 is 0 Å². The van der Waals surface area contributed by atoms with Crippen molar-refractivity contribution in [2.24, 2.45) is 5.92 Å². The zero-order valence-electron chi connectivity index (χ0n) is 14.6. The molecule has 1 unspecified atom stereocenters. The molecule has 0 fully saturated rings. The average molecular weight is 444 g/mol. The molecule has 0 spiro atoms. The number of anilines is 1. The van der Waals surface area contributed by atoms with E-state index in [1.165, 1.54) is 0 Å². The van der Waals surface area contributed by atoms with Gasteiger partial charge in [-0.05, 0) is 36.5 Å². The molecule has 1 aromatic heterocycles. The smallest absolute Gasteiger partial charge is 0.363 e. The second-order valence-corrected chi connectivity index (χ2v) is 8.37. The highest BCUT2D eigenvalue weighted by Gasteiger charge is 2.42. The van der Waals surface area contributed by atoms with Gasteiger partial charge in [-0.2, -0.15) is 13.2 Å². The lowest BCUT2D eigenvalue weighted by Gasteiger charge is -2.25. The summed E-state index contributed by atoms with van der Waals surface area (Å²) >= 11 is 0. The van der Waals surface area contributed by atoms with Gasteiger partial charge in [0.05, 0.1) is 11.6 Å². The first kappa shape index (κ1) is 21.5. The number of hydrogen-bond donors (Lipinski definition) is 2. The first-order valence-electron chi connectivity index (χ1n) is 8.43. The third kappa shape index (κ3) is 4.51. The number of hydrogen-bond acceptors (Lipinski definition) is 2. The Balaban J connectivity index is 1.87. The third-order valence-electron chi connectivity index (χ3n) is 4.74. The van der Waals surface area contributed by atoms with E-state index in [4.69, 9.17) is 0 Å². The fourth-order valence-corrected chi connectivity index (χ4v) is 4.63. The SMILES string of the molecule is O=S(=O)(Nc1cc(F)c(CC(F)F)cc1F)c1c[nH]c2c1CCC(C(F)(F)F)C2. The van der Waals surface area contributed by atoms with E-state index >= 15 is 0 Å². The maximum absolute atomic E-state index is 14.1. The predicted molar refractivity (Wildman–Crippen MR) is 89.2 cm³/mol. The van der Waals surface area contributed by atoms with E-state index in [1.807, 2.05) is 4.72 Å². The number of rotatable bonds is 5. The van der Waals surface area contributed by atoms with Gasteiger partial charge in [0, 0.05) is 24.4 Å². The van der Waals surface area contributed by atoms with Crippen molar-refractivity contribution in [1.29, 1.82) is 0 Å². The van der Waals surface area contributed by atoms with Gasteiger partial charge in [-0.1, -0.05) is 0 Å². The Kier molecular flexibility index (Phi) is 5.58. The van der Waals surface area contributed by atoms with Gasteiger partial charge < -0.3 is 4.98 Å². The molecule has 1 aliphatic carbocycles. The number of aromatic amines is 1. The zero-order valence-corrected chi connectivity index (χ0v) is 15.4. The highest BCUT2D eigenvalue weighted by Crippen LogP contribution is 2.39. The van der Waals surface area contributed by atoms with E-state index in [0.29, 0.717) is 12.1 Å². The molecule has 0 amide bonds. The molecule has 0 radical (unpaired) electrons. The van der Waals surface area contributed by atoms with Crippen LogP contribution in [0.1, 0.15) is 23.2 Å². The molecule has 2 N–H and O–H groups in total. The van der Waals surface area contributed by atoms with Crippen LogP contribution in [-0.2, 0) is 29.3 Å². The molecule has 0 saturated carbocycles. The summed E-state index contributed by atoms with van der Waals surface area (Å²) in [6, 6.07) is 0.920. The van der Waals surface area contributed by atoms with Crippen LogP contribution in [-0.4, -0.2) is 26.0 Å². The Morgan fingerprint density at radius 2 is 1.86 bits per heavy atom. The number of H-pyrrole nitrogens is 1. The number of sulfonamides is 1. The molecule has 4 nitrogen and oxygen atoms in total. The molecular weight excluding hydrogens is 429 g/mol. The lowest BCUT2D eigenvalue weighted by Crippen LogP contribution is -2.29. The molecule has 1 atom stereocenters. The molecule has 0 saturated heterocycles. The molecule has 0 aliphatic heterocycles. The van der Waals surface area contributed by atoms with Crippen molar-refractivity contribution >= 4 is 15.7 Å². The van der Waals surface area contributed by atoms with Crippen LogP contribution in [0.5, 0.6) is 0 Å². The second-order valence-electron chi connectivity index (χ2n) is 6.72. The average Bonchev–Trinajstić information content (AvgIpc) is 3.02. The summed E-state index contributed by atoms with van der Waals surface area (Å²) in [5, 5.41) is 0.